The van der Waals surface area contributed by atoms with E-state index in [9.17, 15) is 14.7 Å². The SMILES string of the molecule is Cc1ncc(C(C)(O)C2=Cc3cccnc3[C@@H](N3CCN(C(=O)OC(C)(C)C)CC3)c3ccc(Cl)cc32)n1COCC[Si](C)(C)C.Cc1ncc(C2(C3=Cc4cccnc4[C@@H](N4CCN(C(=O)OC(C)(C)C)CC4)c4ccc(Cl)cc43)CO2)n1COCC[Si](C)(C)C. The van der Waals surface area contributed by atoms with E-state index in [4.69, 9.17) is 61.8 Å². The van der Waals surface area contributed by atoms with E-state index in [0.29, 0.717) is 100 Å². The summed E-state index contributed by atoms with van der Waals surface area (Å²) in [4.78, 5) is 53.2. The molecule has 5 aliphatic rings. The Kier molecular flexibility index (Phi) is 20.5. The van der Waals surface area contributed by atoms with Crippen LogP contribution in [0.1, 0.15) is 128 Å². The number of ether oxygens (including phenoxy) is 5. The van der Waals surface area contributed by atoms with Gasteiger partial charge in [-0.05, 0) is 162 Å². The highest BCUT2D eigenvalue weighted by atomic mass is 35.5. The third-order valence-electron chi connectivity index (χ3n) is 17.6. The van der Waals surface area contributed by atoms with Gasteiger partial charge in [-0.2, -0.15) is 0 Å². The Morgan fingerprint density at radius 3 is 1.54 bits per heavy atom. The fraction of sp³-hybridized carbons (Fsp3) is 0.514. The molecule has 3 saturated heterocycles. The van der Waals surface area contributed by atoms with Crippen molar-refractivity contribution in [2.24, 2.45) is 0 Å². The van der Waals surface area contributed by atoms with Crippen molar-refractivity contribution in [2.75, 3.05) is 72.2 Å². The topological polar surface area (TPSA) is 178 Å². The number of carbonyl (C=O) groups is 2. The zero-order valence-corrected chi connectivity index (χ0v) is 60.0. The number of aryl methyl sites for hydroxylation is 2. The molecule has 18 nitrogen and oxygen atoms in total. The molecule has 1 N–H and O–H groups in total. The molecule has 2 aromatic carbocycles. The molecule has 6 aromatic rings. The lowest BCUT2D eigenvalue weighted by molar-refractivity contribution is 0.0109. The highest BCUT2D eigenvalue weighted by Gasteiger charge is 2.54. The Bertz CT molecular complexity index is 3480. The van der Waals surface area contributed by atoms with Gasteiger partial charge in [0.25, 0.3) is 0 Å². The number of epoxide rings is 1. The molecule has 0 saturated carbocycles. The fourth-order valence-electron chi connectivity index (χ4n) is 12.5. The highest BCUT2D eigenvalue weighted by molar-refractivity contribution is 6.76. The van der Waals surface area contributed by atoms with E-state index in [-0.39, 0.29) is 24.3 Å². The molecule has 3 aliphatic heterocycles. The van der Waals surface area contributed by atoms with Gasteiger partial charge in [0, 0.05) is 110 Å². The van der Waals surface area contributed by atoms with Crippen molar-refractivity contribution in [3.8, 4) is 0 Å². The quantitative estimate of drug-likeness (QED) is 0.0550. The Labute approximate surface area is 555 Å². The summed E-state index contributed by atoms with van der Waals surface area (Å²) in [6, 6.07) is 21.9. The lowest BCUT2D eigenvalue weighted by atomic mass is 9.84. The largest absolute Gasteiger partial charge is 0.444 e. The van der Waals surface area contributed by atoms with Crippen molar-refractivity contribution >= 4 is 74.8 Å². The number of piperazine rings is 2. The maximum Gasteiger partial charge on any atom is 0.410 e. The third kappa shape index (κ3) is 15.8. The van der Waals surface area contributed by atoms with Gasteiger partial charge in [-0.1, -0.05) is 86.7 Å². The number of halogens is 2. The molecule has 0 radical (unpaired) electrons. The Hall–Kier alpha value is -6.05. The molecule has 0 spiro atoms. The molecule has 2 amide bonds. The van der Waals surface area contributed by atoms with Crippen molar-refractivity contribution < 1.29 is 38.4 Å². The van der Waals surface area contributed by atoms with Crippen LogP contribution in [0, 0.1) is 13.8 Å². The molecule has 92 heavy (non-hydrogen) atoms. The van der Waals surface area contributed by atoms with Crippen LogP contribution in [-0.2, 0) is 48.3 Å². The van der Waals surface area contributed by atoms with Crippen LogP contribution in [-0.4, -0.2) is 165 Å². The lowest BCUT2D eigenvalue weighted by Gasteiger charge is -2.40. The summed E-state index contributed by atoms with van der Waals surface area (Å²) >= 11 is 13.4. The van der Waals surface area contributed by atoms with E-state index in [2.05, 4.69) is 82.9 Å². The van der Waals surface area contributed by atoms with Gasteiger partial charge in [-0.25, -0.2) is 19.6 Å². The van der Waals surface area contributed by atoms with Gasteiger partial charge in [0.1, 0.15) is 41.9 Å². The van der Waals surface area contributed by atoms with E-state index in [1.807, 2.05) is 134 Å². The number of imidazole rings is 2. The van der Waals surface area contributed by atoms with E-state index in [1.165, 1.54) is 0 Å². The first-order chi connectivity index (χ1) is 43.3. The summed E-state index contributed by atoms with van der Waals surface area (Å²) < 4.78 is 34.2. The Morgan fingerprint density at radius 2 is 1.07 bits per heavy atom. The molecular formula is C70H94Cl2N10O8Si2. The molecule has 3 fully saturated rings. The first-order valence-corrected chi connectivity index (χ1v) is 40.4. The van der Waals surface area contributed by atoms with Gasteiger partial charge in [-0.3, -0.25) is 19.8 Å². The molecule has 2 aliphatic carbocycles. The minimum absolute atomic E-state index is 0.134. The molecule has 4 aromatic heterocycles. The number of pyridine rings is 2. The number of hydrogen-bond acceptors (Lipinski definition) is 14. The van der Waals surface area contributed by atoms with E-state index < -0.39 is 38.6 Å². The van der Waals surface area contributed by atoms with Crippen molar-refractivity contribution in [3.05, 3.63) is 163 Å². The van der Waals surface area contributed by atoms with E-state index in [0.717, 1.165) is 86.4 Å². The highest BCUT2D eigenvalue weighted by Crippen LogP contribution is 2.55. The van der Waals surface area contributed by atoms with Gasteiger partial charge in [0.05, 0.1) is 53.9 Å². The van der Waals surface area contributed by atoms with Crippen molar-refractivity contribution in [1.82, 2.24) is 48.7 Å². The number of hydrogen-bond donors (Lipinski definition) is 1. The second-order valence-corrected chi connectivity index (χ2v) is 41.6. The van der Waals surface area contributed by atoms with Crippen LogP contribution in [0.15, 0.2) is 85.5 Å². The summed E-state index contributed by atoms with van der Waals surface area (Å²) in [7, 11) is -2.46. The molecule has 22 heteroatoms. The van der Waals surface area contributed by atoms with Crippen LogP contribution < -0.4 is 0 Å². The van der Waals surface area contributed by atoms with Crippen LogP contribution in [0.25, 0.3) is 23.3 Å². The van der Waals surface area contributed by atoms with Crippen LogP contribution in [0.2, 0.25) is 61.4 Å². The zero-order valence-electron chi connectivity index (χ0n) is 56.5. The van der Waals surface area contributed by atoms with Crippen molar-refractivity contribution in [3.63, 3.8) is 0 Å². The first-order valence-electron chi connectivity index (χ1n) is 32.3. The number of amides is 2. The van der Waals surface area contributed by atoms with E-state index >= 15 is 0 Å². The van der Waals surface area contributed by atoms with Crippen LogP contribution >= 0.6 is 23.2 Å². The molecule has 7 heterocycles. The minimum atomic E-state index is -1.44. The van der Waals surface area contributed by atoms with Crippen molar-refractivity contribution in [1.29, 1.82) is 0 Å². The summed E-state index contributed by atoms with van der Waals surface area (Å²) in [5.41, 5.74) is 7.95. The minimum Gasteiger partial charge on any atom is -0.444 e. The normalized spacial score (nSPS) is 20.2. The monoisotopic (exact) mass is 1330 g/mol. The Balaban J connectivity index is 0.000000202. The smallest absolute Gasteiger partial charge is 0.410 e. The van der Waals surface area contributed by atoms with E-state index in [1.54, 1.807) is 16.0 Å². The number of fused-ring (bicyclic) bond motifs is 4. The molecule has 494 valence electrons. The number of carbonyl (C=O) groups excluding carboxylic acids is 2. The van der Waals surface area contributed by atoms with Gasteiger partial charge >= 0.3 is 12.2 Å². The first kappa shape index (κ1) is 68.8. The summed E-state index contributed by atoms with van der Waals surface area (Å²) in [6.07, 6.45) is 11.0. The summed E-state index contributed by atoms with van der Waals surface area (Å²) in [5, 5.41) is 13.8. The fourth-order valence-corrected chi connectivity index (χ4v) is 14.3. The number of rotatable bonds is 16. The predicted octanol–water partition coefficient (Wildman–Crippen LogP) is 13.9. The molecule has 0 bridgehead atoms. The maximum atomic E-state index is 12.9. The Morgan fingerprint density at radius 1 is 0.620 bits per heavy atom. The average Bonchev–Trinajstić information content (AvgIpc) is 1.55. The van der Waals surface area contributed by atoms with Crippen LogP contribution in [0.4, 0.5) is 9.59 Å². The lowest BCUT2D eigenvalue weighted by Crippen LogP contribution is -2.51. The third-order valence-corrected chi connectivity index (χ3v) is 21.4. The number of aliphatic hydroxyl groups is 1. The van der Waals surface area contributed by atoms with Gasteiger partial charge in [-0.15, -0.1) is 0 Å². The molecular weight excluding hydrogens is 1240 g/mol. The standard InChI is InChI=1S/C35H46ClN5O4Si.C35H48ClN5O4Si/c1-24-38-21-30(41(24)23-43-17-18-46(5,6)7)35(22-44-35)29-19-25-9-8-12-37-31(25)32(27-11-10-26(36)20-28(27)29)39-13-15-40(16-14-39)33(42)45-34(2,3)4;1-24-38-22-30(41(24)23-44-18-19-46(6,7)8)35(5,43)29-20-25-10-9-13-37-31(25)32(27-12-11-26(36)21-28(27)29)39-14-16-40(17-15-39)33(42)45-34(2,3)4/h8-12,19-21,32H,13-18,22-23H2,1-7H3;9-13,20-22,32,43H,14-19,23H2,1-8H3/t2*32-,35?/m00/s1. The average molecular weight is 1330 g/mol. The van der Waals surface area contributed by atoms with Gasteiger partial charge < -0.3 is 47.7 Å². The van der Waals surface area contributed by atoms with Gasteiger partial charge in [0.2, 0.25) is 0 Å². The number of aromatic nitrogens is 6. The second-order valence-electron chi connectivity index (χ2n) is 29.5. The summed E-state index contributed by atoms with van der Waals surface area (Å²) in [5.74, 6) is 1.66. The molecule has 11 rings (SSSR count). The van der Waals surface area contributed by atoms with Gasteiger partial charge in [0.15, 0.2) is 5.60 Å². The zero-order chi connectivity index (χ0) is 66.3. The van der Waals surface area contributed by atoms with Crippen molar-refractivity contribution in [2.45, 2.75) is 162 Å². The second kappa shape index (κ2) is 27.4. The van der Waals surface area contributed by atoms with Crippen LogP contribution in [0.3, 0.4) is 0 Å². The molecule has 2 unspecified atom stereocenters. The predicted molar refractivity (Wildman–Crippen MR) is 369 cm³/mol. The molecule has 4 atom stereocenters. The number of nitrogens with zero attached hydrogens (tertiary/aromatic N) is 10. The van der Waals surface area contributed by atoms with Crippen LogP contribution in [0.5, 0.6) is 0 Å². The summed E-state index contributed by atoms with van der Waals surface area (Å²) in [6.45, 7) is 38.6. The maximum absolute atomic E-state index is 12.9. The number of benzene rings is 2.